The van der Waals surface area contributed by atoms with E-state index in [0.29, 0.717) is 12.3 Å². The summed E-state index contributed by atoms with van der Waals surface area (Å²) in [6.07, 6.45) is 1.87. The Morgan fingerprint density at radius 3 is 2.80 bits per heavy atom. The molecule has 0 aliphatic heterocycles. The number of pyridine rings is 1. The van der Waals surface area contributed by atoms with Crippen LogP contribution in [0, 0.1) is 27.4 Å². The number of hydrogen-bond acceptors (Lipinski definition) is 6. The normalized spacial score (nSPS) is 13.6. The van der Waals surface area contributed by atoms with Crippen LogP contribution in [0.3, 0.4) is 0 Å². The second-order valence-electron chi connectivity index (χ2n) is 5.37. The number of anilines is 1. The second kappa shape index (κ2) is 6.30. The molecule has 20 heavy (non-hydrogen) atoms. The van der Waals surface area contributed by atoms with Crippen LogP contribution < -0.4 is 5.32 Å². The molecule has 7 heteroatoms. The van der Waals surface area contributed by atoms with E-state index in [4.69, 9.17) is 5.26 Å². The topological polar surface area (TPSA) is 112 Å². The van der Waals surface area contributed by atoms with Crippen LogP contribution in [0.4, 0.5) is 11.5 Å². The Morgan fingerprint density at radius 1 is 1.65 bits per heavy atom. The second-order valence-corrected chi connectivity index (χ2v) is 5.37. The SMILES string of the molecule is CC(C)CC(C)(O)CNc1nccc(C#N)c1[N+](=O)[O-]. The van der Waals surface area contributed by atoms with Gasteiger partial charge in [-0.25, -0.2) is 4.98 Å². The zero-order chi connectivity index (χ0) is 15.3. The maximum absolute atomic E-state index is 11.0. The van der Waals surface area contributed by atoms with E-state index in [9.17, 15) is 15.2 Å². The lowest BCUT2D eigenvalue weighted by molar-refractivity contribution is -0.384. The van der Waals surface area contributed by atoms with Crippen molar-refractivity contribution in [1.29, 1.82) is 5.26 Å². The number of aliphatic hydroxyl groups is 1. The van der Waals surface area contributed by atoms with Gasteiger partial charge in [-0.15, -0.1) is 0 Å². The molecule has 1 aromatic heterocycles. The first kappa shape index (κ1) is 15.9. The Balaban J connectivity index is 2.94. The average molecular weight is 278 g/mol. The molecule has 108 valence electrons. The van der Waals surface area contributed by atoms with Gasteiger partial charge in [-0.05, 0) is 25.3 Å². The van der Waals surface area contributed by atoms with Crippen LogP contribution in [0.5, 0.6) is 0 Å². The molecule has 0 saturated heterocycles. The lowest BCUT2D eigenvalue weighted by Gasteiger charge is -2.25. The van der Waals surface area contributed by atoms with E-state index in [1.54, 1.807) is 13.0 Å². The molecule has 7 nitrogen and oxygen atoms in total. The largest absolute Gasteiger partial charge is 0.388 e. The predicted octanol–water partition coefficient (Wildman–Crippen LogP) is 2.07. The number of nitro groups is 1. The van der Waals surface area contributed by atoms with E-state index in [1.165, 1.54) is 12.3 Å². The van der Waals surface area contributed by atoms with Crippen molar-refractivity contribution in [2.24, 2.45) is 5.92 Å². The highest BCUT2D eigenvalue weighted by Crippen LogP contribution is 2.26. The van der Waals surface area contributed by atoms with E-state index in [-0.39, 0.29) is 23.6 Å². The first-order valence-electron chi connectivity index (χ1n) is 6.26. The number of rotatable bonds is 6. The smallest absolute Gasteiger partial charge is 0.328 e. The van der Waals surface area contributed by atoms with E-state index in [1.807, 2.05) is 13.8 Å². The molecule has 2 N–H and O–H groups in total. The van der Waals surface area contributed by atoms with Crippen molar-refractivity contribution in [3.8, 4) is 6.07 Å². The fraction of sp³-hybridized carbons (Fsp3) is 0.538. The van der Waals surface area contributed by atoms with Crippen molar-refractivity contribution in [1.82, 2.24) is 4.98 Å². The van der Waals surface area contributed by atoms with E-state index in [0.717, 1.165) is 0 Å². The predicted molar refractivity (Wildman–Crippen MR) is 74.2 cm³/mol. The number of nitrogens with one attached hydrogen (secondary N) is 1. The molecule has 1 atom stereocenters. The maximum atomic E-state index is 11.0. The lowest BCUT2D eigenvalue weighted by atomic mass is 9.94. The van der Waals surface area contributed by atoms with Crippen molar-refractivity contribution >= 4 is 11.5 Å². The van der Waals surface area contributed by atoms with Gasteiger partial charge in [-0.2, -0.15) is 5.26 Å². The lowest BCUT2D eigenvalue weighted by Crippen LogP contribution is -2.35. The monoisotopic (exact) mass is 278 g/mol. The highest BCUT2D eigenvalue weighted by Gasteiger charge is 2.25. The molecule has 0 saturated carbocycles. The van der Waals surface area contributed by atoms with Crippen molar-refractivity contribution < 1.29 is 10.0 Å². The number of nitrogens with zero attached hydrogens (tertiary/aromatic N) is 3. The summed E-state index contributed by atoms with van der Waals surface area (Å²) < 4.78 is 0. The summed E-state index contributed by atoms with van der Waals surface area (Å²) >= 11 is 0. The molecular formula is C13H18N4O3. The Hall–Kier alpha value is -2.20. The molecule has 0 bridgehead atoms. The highest BCUT2D eigenvalue weighted by atomic mass is 16.6. The molecule has 1 rings (SSSR count). The van der Waals surface area contributed by atoms with Crippen LogP contribution in [-0.2, 0) is 0 Å². The van der Waals surface area contributed by atoms with Gasteiger partial charge in [-0.1, -0.05) is 13.8 Å². The van der Waals surface area contributed by atoms with Crippen LogP contribution in [-0.4, -0.2) is 27.2 Å². The van der Waals surface area contributed by atoms with Crippen LogP contribution in [0.1, 0.15) is 32.8 Å². The van der Waals surface area contributed by atoms with Gasteiger partial charge in [0.15, 0.2) is 0 Å². The van der Waals surface area contributed by atoms with Crippen molar-refractivity contribution in [2.75, 3.05) is 11.9 Å². The average Bonchev–Trinajstić information content (AvgIpc) is 2.34. The van der Waals surface area contributed by atoms with E-state index >= 15 is 0 Å². The van der Waals surface area contributed by atoms with Crippen molar-refractivity contribution in [3.05, 3.63) is 27.9 Å². The zero-order valence-electron chi connectivity index (χ0n) is 11.8. The number of aromatic nitrogens is 1. The van der Waals surface area contributed by atoms with Crippen LogP contribution >= 0.6 is 0 Å². The highest BCUT2D eigenvalue weighted by molar-refractivity contribution is 5.64. The summed E-state index contributed by atoms with van der Waals surface area (Å²) in [5.41, 5.74) is -1.43. The maximum Gasteiger partial charge on any atom is 0.328 e. The van der Waals surface area contributed by atoms with E-state index < -0.39 is 10.5 Å². The van der Waals surface area contributed by atoms with Crippen LogP contribution in [0.15, 0.2) is 12.3 Å². The molecule has 1 unspecified atom stereocenters. The summed E-state index contributed by atoms with van der Waals surface area (Å²) in [6, 6.07) is 3.05. The third kappa shape index (κ3) is 4.17. The van der Waals surface area contributed by atoms with Crippen molar-refractivity contribution in [2.45, 2.75) is 32.8 Å². The number of hydrogen-bond donors (Lipinski definition) is 2. The first-order chi connectivity index (χ1) is 9.26. The third-order valence-electron chi connectivity index (χ3n) is 2.71. The fourth-order valence-corrected chi connectivity index (χ4v) is 2.08. The van der Waals surface area contributed by atoms with Gasteiger partial charge in [0, 0.05) is 12.7 Å². The number of nitriles is 1. The first-order valence-corrected chi connectivity index (χ1v) is 6.26. The van der Waals surface area contributed by atoms with Crippen LogP contribution in [0.2, 0.25) is 0 Å². The zero-order valence-corrected chi connectivity index (χ0v) is 11.8. The summed E-state index contributed by atoms with van der Waals surface area (Å²) in [6.45, 7) is 5.73. The molecule has 0 aliphatic carbocycles. The summed E-state index contributed by atoms with van der Waals surface area (Å²) in [5, 5.41) is 32.8. The minimum atomic E-state index is -1.01. The summed E-state index contributed by atoms with van der Waals surface area (Å²) in [5.74, 6) is 0.290. The molecule has 0 fully saturated rings. The quantitative estimate of drug-likeness (QED) is 0.608. The molecule has 0 aliphatic rings. The summed E-state index contributed by atoms with van der Waals surface area (Å²) in [4.78, 5) is 14.2. The third-order valence-corrected chi connectivity index (χ3v) is 2.71. The van der Waals surface area contributed by atoms with Gasteiger partial charge in [0.1, 0.15) is 11.6 Å². The van der Waals surface area contributed by atoms with Gasteiger partial charge in [0.05, 0.1) is 10.5 Å². The van der Waals surface area contributed by atoms with Gasteiger partial charge >= 0.3 is 5.69 Å². The molecule has 0 radical (unpaired) electrons. The molecule has 0 aromatic carbocycles. The Labute approximate surface area is 117 Å². The Kier molecular flexibility index (Phi) is 5.00. The van der Waals surface area contributed by atoms with E-state index in [2.05, 4.69) is 10.3 Å². The summed E-state index contributed by atoms with van der Waals surface area (Å²) in [7, 11) is 0. The van der Waals surface area contributed by atoms with Gasteiger partial charge in [0.2, 0.25) is 5.82 Å². The molecule has 0 spiro atoms. The molecular weight excluding hydrogens is 260 g/mol. The molecule has 0 amide bonds. The molecule has 1 aromatic rings. The minimum absolute atomic E-state index is 0.00178. The van der Waals surface area contributed by atoms with Crippen molar-refractivity contribution in [3.63, 3.8) is 0 Å². The molecule has 1 heterocycles. The Bertz CT molecular complexity index is 535. The van der Waals surface area contributed by atoms with Gasteiger partial charge < -0.3 is 10.4 Å². The standard InChI is InChI=1S/C13H18N4O3/c1-9(2)6-13(3,18)8-16-12-11(17(19)20)10(7-14)4-5-15-12/h4-5,9,18H,6,8H2,1-3H3,(H,15,16). The minimum Gasteiger partial charge on any atom is -0.388 e. The van der Waals surface area contributed by atoms with Crippen LogP contribution in [0.25, 0.3) is 0 Å². The fourth-order valence-electron chi connectivity index (χ4n) is 2.08. The van der Waals surface area contributed by atoms with Gasteiger partial charge in [-0.3, -0.25) is 10.1 Å². The Morgan fingerprint density at radius 2 is 2.30 bits per heavy atom. The van der Waals surface area contributed by atoms with Gasteiger partial charge in [0.25, 0.3) is 0 Å².